The Labute approximate surface area is 142 Å². The molecule has 24 heavy (non-hydrogen) atoms. The molecule has 4 heteroatoms. The fourth-order valence-corrected chi connectivity index (χ4v) is 2.63. The predicted molar refractivity (Wildman–Crippen MR) is 96.6 cm³/mol. The van der Waals surface area contributed by atoms with E-state index >= 15 is 0 Å². The standard InChI is InChI=1S/C20H21N3O/c1-16-8-9-18(19(24)14-16)20(17-6-3-2-4-7-17)22-10-5-12-23-13-11-21-15-23/h2-4,6-9,11,13-15,24H,5,10,12H2,1H3. The summed E-state index contributed by atoms with van der Waals surface area (Å²) in [5.74, 6) is 0.271. The van der Waals surface area contributed by atoms with Gasteiger partial charge in [-0.3, -0.25) is 4.99 Å². The zero-order valence-electron chi connectivity index (χ0n) is 13.8. The van der Waals surface area contributed by atoms with E-state index in [1.54, 1.807) is 12.3 Å². The van der Waals surface area contributed by atoms with Crippen LogP contribution in [0.3, 0.4) is 0 Å². The fraction of sp³-hybridized carbons (Fsp3) is 0.200. The summed E-state index contributed by atoms with van der Waals surface area (Å²) in [6.07, 6.45) is 6.46. The van der Waals surface area contributed by atoms with E-state index in [-0.39, 0.29) is 5.75 Å². The van der Waals surface area contributed by atoms with Gasteiger partial charge in [-0.2, -0.15) is 0 Å². The fourth-order valence-electron chi connectivity index (χ4n) is 2.63. The lowest BCUT2D eigenvalue weighted by Crippen LogP contribution is -2.06. The Hall–Kier alpha value is -2.88. The minimum absolute atomic E-state index is 0.271. The van der Waals surface area contributed by atoms with Crippen LogP contribution in [-0.2, 0) is 6.54 Å². The Kier molecular flexibility index (Phi) is 5.06. The van der Waals surface area contributed by atoms with Crippen molar-refractivity contribution in [2.24, 2.45) is 4.99 Å². The van der Waals surface area contributed by atoms with Crippen molar-refractivity contribution < 1.29 is 5.11 Å². The number of nitrogens with zero attached hydrogens (tertiary/aromatic N) is 3. The third-order valence-electron chi connectivity index (χ3n) is 3.86. The summed E-state index contributed by atoms with van der Waals surface area (Å²) in [7, 11) is 0. The molecule has 3 aromatic rings. The quantitative estimate of drug-likeness (QED) is 0.554. The lowest BCUT2D eigenvalue weighted by atomic mass is 10.00. The average molecular weight is 319 g/mol. The van der Waals surface area contributed by atoms with Gasteiger partial charge in [-0.05, 0) is 31.0 Å². The van der Waals surface area contributed by atoms with Gasteiger partial charge in [0.25, 0.3) is 0 Å². The number of aliphatic imine (C=N–C) groups is 1. The second-order valence-electron chi connectivity index (χ2n) is 5.77. The number of aryl methyl sites for hydroxylation is 2. The number of benzene rings is 2. The first-order valence-electron chi connectivity index (χ1n) is 8.09. The summed E-state index contributed by atoms with van der Waals surface area (Å²) in [6, 6.07) is 15.7. The molecule has 0 radical (unpaired) electrons. The van der Waals surface area contributed by atoms with Gasteiger partial charge < -0.3 is 9.67 Å². The van der Waals surface area contributed by atoms with E-state index in [2.05, 4.69) is 4.98 Å². The van der Waals surface area contributed by atoms with E-state index in [9.17, 15) is 5.11 Å². The summed E-state index contributed by atoms with van der Waals surface area (Å²) in [5, 5.41) is 10.3. The largest absolute Gasteiger partial charge is 0.507 e. The smallest absolute Gasteiger partial charge is 0.125 e. The maximum atomic E-state index is 10.3. The van der Waals surface area contributed by atoms with Crippen molar-refractivity contribution in [3.63, 3.8) is 0 Å². The minimum atomic E-state index is 0.271. The Morgan fingerprint density at radius 3 is 2.71 bits per heavy atom. The molecule has 0 bridgehead atoms. The molecule has 0 atom stereocenters. The van der Waals surface area contributed by atoms with E-state index in [0.717, 1.165) is 35.4 Å². The van der Waals surface area contributed by atoms with Crippen molar-refractivity contribution in [1.29, 1.82) is 0 Å². The maximum Gasteiger partial charge on any atom is 0.125 e. The van der Waals surface area contributed by atoms with Crippen molar-refractivity contribution in [2.45, 2.75) is 19.9 Å². The van der Waals surface area contributed by atoms with Crippen LogP contribution >= 0.6 is 0 Å². The predicted octanol–water partition coefficient (Wildman–Crippen LogP) is 3.82. The highest BCUT2D eigenvalue weighted by molar-refractivity contribution is 6.14. The zero-order chi connectivity index (χ0) is 16.8. The van der Waals surface area contributed by atoms with Gasteiger partial charge in [0.05, 0.1) is 12.0 Å². The summed E-state index contributed by atoms with van der Waals surface area (Å²) in [6.45, 7) is 3.54. The molecule has 1 heterocycles. The molecular formula is C20H21N3O. The third-order valence-corrected chi connectivity index (χ3v) is 3.86. The van der Waals surface area contributed by atoms with E-state index in [1.807, 2.05) is 66.5 Å². The molecule has 0 amide bonds. The summed E-state index contributed by atoms with van der Waals surface area (Å²) in [4.78, 5) is 8.82. The molecular weight excluding hydrogens is 298 g/mol. The first-order valence-corrected chi connectivity index (χ1v) is 8.09. The topological polar surface area (TPSA) is 50.4 Å². The molecule has 0 aliphatic heterocycles. The lowest BCUT2D eigenvalue weighted by Gasteiger charge is -2.10. The molecule has 1 N–H and O–H groups in total. The SMILES string of the molecule is Cc1ccc(C(=NCCCn2ccnc2)c2ccccc2)c(O)c1. The van der Waals surface area contributed by atoms with Crippen molar-refractivity contribution >= 4 is 5.71 Å². The zero-order valence-corrected chi connectivity index (χ0v) is 13.8. The molecule has 0 aliphatic carbocycles. The van der Waals surface area contributed by atoms with Crippen LogP contribution in [-0.4, -0.2) is 26.9 Å². The van der Waals surface area contributed by atoms with Crippen molar-refractivity contribution in [2.75, 3.05) is 6.54 Å². The monoisotopic (exact) mass is 319 g/mol. The number of hydrogen-bond donors (Lipinski definition) is 1. The second kappa shape index (κ2) is 7.59. The van der Waals surface area contributed by atoms with Crippen LogP contribution < -0.4 is 0 Å². The molecule has 0 saturated heterocycles. The molecule has 1 aromatic heterocycles. The molecule has 122 valence electrons. The molecule has 0 saturated carbocycles. The van der Waals surface area contributed by atoms with Crippen LogP contribution in [0.25, 0.3) is 0 Å². The van der Waals surface area contributed by atoms with E-state index in [1.165, 1.54) is 0 Å². The van der Waals surface area contributed by atoms with Gasteiger partial charge >= 0.3 is 0 Å². The summed E-state index contributed by atoms with van der Waals surface area (Å²) >= 11 is 0. The maximum absolute atomic E-state index is 10.3. The Bertz CT molecular complexity index is 808. The van der Waals surface area contributed by atoms with Crippen molar-refractivity contribution in [3.05, 3.63) is 83.9 Å². The van der Waals surface area contributed by atoms with Crippen molar-refractivity contribution in [3.8, 4) is 5.75 Å². The van der Waals surface area contributed by atoms with Crippen LogP contribution in [0.15, 0.2) is 72.2 Å². The molecule has 2 aromatic carbocycles. The number of phenols is 1. The van der Waals surface area contributed by atoms with Crippen LogP contribution in [0.1, 0.15) is 23.1 Å². The van der Waals surface area contributed by atoms with Gasteiger partial charge in [-0.1, -0.05) is 36.4 Å². The number of hydrogen-bond acceptors (Lipinski definition) is 3. The van der Waals surface area contributed by atoms with Gasteiger partial charge in [0, 0.05) is 36.6 Å². The summed E-state index contributed by atoms with van der Waals surface area (Å²) in [5.41, 5.74) is 3.65. The minimum Gasteiger partial charge on any atom is -0.507 e. The van der Waals surface area contributed by atoms with Crippen LogP contribution in [0.2, 0.25) is 0 Å². The van der Waals surface area contributed by atoms with Gasteiger partial charge in [-0.15, -0.1) is 0 Å². The first-order chi connectivity index (χ1) is 11.7. The Balaban J connectivity index is 1.83. The lowest BCUT2D eigenvalue weighted by molar-refractivity contribution is 0.473. The van der Waals surface area contributed by atoms with E-state index < -0.39 is 0 Å². The Morgan fingerprint density at radius 1 is 1.17 bits per heavy atom. The number of imidazole rings is 1. The number of aromatic nitrogens is 2. The van der Waals surface area contributed by atoms with Crippen LogP contribution in [0.5, 0.6) is 5.75 Å². The number of aromatic hydroxyl groups is 1. The first kappa shape index (κ1) is 16.0. The van der Waals surface area contributed by atoms with Gasteiger partial charge in [-0.25, -0.2) is 4.98 Å². The van der Waals surface area contributed by atoms with Gasteiger partial charge in [0.15, 0.2) is 0 Å². The molecule has 3 rings (SSSR count). The van der Waals surface area contributed by atoms with Crippen molar-refractivity contribution in [1.82, 2.24) is 9.55 Å². The van der Waals surface area contributed by atoms with Crippen LogP contribution in [0.4, 0.5) is 0 Å². The van der Waals surface area contributed by atoms with Gasteiger partial charge in [0.2, 0.25) is 0 Å². The highest BCUT2D eigenvalue weighted by atomic mass is 16.3. The number of phenolic OH excluding ortho intramolecular Hbond substituents is 1. The average Bonchev–Trinajstić information content (AvgIpc) is 3.10. The van der Waals surface area contributed by atoms with E-state index in [0.29, 0.717) is 6.54 Å². The Morgan fingerprint density at radius 2 is 2.00 bits per heavy atom. The highest BCUT2D eigenvalue weighted by Gasteiger charge is 2.11. The highest BCUT2D eigenvalue weighted by Crippen LogP contribution is 2.22. The molecule has 0 spiro atoms. The normalized spacial score (nSPS) is 11.6. The molecule has 0 aliphatic rings. The second-order valence-corrected chi connectivity index (χ2v) is 5.77. The van der Waals surface area contributed by atoms with Gasteiger partial charge in [0.1, 0.15) is 5.75 Å². The molecule has 0 unspecified atom stereocenters. The van der Waals surface area contributed by atoms with E-state index in [4.69, 9.17) is 4.99 Å². The summed E-state index contributed by atoms with van der Waals surface area (Å²) < 4.78 is 2.04. The molecule has 4 nitrogen and oxygen atoms in total. The van der Waals surface area contributed by atoms with Crippen LogP contribution in [0, 0.1) is 6.92 Å². The third kappa shape index (κ3) is 3.90. The molecule has 0 fully saturated rings. The number of rotatable bonds is 6.